The van der Waals surface area contributed by atoms with E-state index in [1.54, 1.807) is 13.1 Å². The molecule has 0 atom stereocenters. The van der Waals surface area contributed by atoms with Crippen molar-refractivity contribution in [1.82, 2.24) is 4.31 Å². The van der Waals surface area contributed by atoms with E-state index < -0.39 is 10.0 Å². The van der Waals surface area contributed by atoms with Gasteiger partial charge in [0.1, 0.15) is 4.21 Å². The van der Waals surface area contributed by atoms with Gasteiger partial charge in [-0.05, 0) is 37.3 Å². The molecular weight excluding hydrogens is 314 g/mol. The SMILES string of the molecule is CN(CC1CCCCC1)S(=O)(=O)c1ccc(CCCl)s1. The maximum Gasteiger partial charge on any atom is 0.252 e. The van der Waals surface area contributed by atoms with E-state index >= 15 is 0 Å². The number of rotatable bonds is 6. The zero-order valence-corrected chi connectivity index (χ0v) is 14.2. The van der Waals surface area contributed by atoms with Gasteiger partial charge in [-0.2, -0.15) is 4.31 Å². The first-order valence-electron chi connectivity index (χ1n) is 7.15. The van der Waals surface area contributed by atoms with Gasteiger partial charge in [-0.25, -0.2) is 8.42 Å². The molecule has 0 unspecified atom stereocenters. The summed E-state index contributed by atoms with van der Waals surface area (Å²) < 4.78 is 27.0. The summed E-state index contributed by atoms with van der Waals surface area (Å²) in [7, 11) is -1.63. The molecule has 0 aromatic carbocycles. The number of nitrogens with zero attached hydrogens (tertiary/aromatic N) is 1. The molecule has 20 heavy (non-hydrogen) atoms. The molecule has 1 aromatic rings. The minimum Gasteiger partial charge on any atom is -0.206 e. The average Bonchev–Trinajstić information content (AvgIpc) is 2.89. The molecular formula is C14H22ClNO2S2. The van der Waals surface area contributed by atoms with Crippen LogP contribution in [0.25, 0.3) is 0 Å². The van der Waals surface area contributed by atoms with Gasteiger partial charge in [0.25, 0.3) is 10.0 Å². The van der Waals surface area contributed by atoms with Gasteiger partial charge >= 0.3 is 0 Å². The summed E-state index contributed by atoms with van der Waals surface area (Å²) in [6.45, 7) is 0.644. The predicted octanol–water partition coefficient (Wildman–Crippen LogP) is 3.73. The zero-order chi connectivity index (χ0) is 14.6. The van der Waals surface area contributed by atoms with Crippen molar-refractivity contribution in [1.29, 1.82) is 0 Å². The summed E-state index contributed by atoms with van der Waals surface area (Å²) in [5, 5.41) is 0. The highest BCUT2D eigenvalue weighted by Gasteiger charge is 2.26. The molecule has 1 saturated carbocycles. The highest BCUT2D eigenvalue weighted by Crippen LogP contribution is 2.28. The van der Waals surface area contributed by atoms with Crippen molar-refractivity contribution in [3.05, 3.63) is 17.0 Å². The summed E-state index contributed by atoms with van der Waals surface area (Å²) >= 11 is 7.04. The summed E-state index contributed by atoms with van der Waals surface area (Å²) in [5.74, 6) is 1.04. The monoisotopic (exact) mass is 335 g/mol. The maximum atomic E-state index is 12.5. The molecule has 1 heterocycles. The van der Waals surface area contributed by atoms with Crippen LogP contribution in [0.4, 0.5) is 0 Å². The van der Waals surface area contributed by atoms with Crippen LogP contribution in [-0.4, -0.2) is 32.2 Å². The van der Waals surface area contributed by atoms with Crippen LogP contribution in [0.2, 0.25) is 0 Å². The van der Waals surface area contributed by atoms with Crippen LogP contribution < -0.4 is 0 Å². The molecule has 0 saturated heterocycles. The second-order valence-corrected chi connectivity index (χ2v) is 9.27. The van der Waals surface area contributed by atoms with Gasteiger partial charge in [0, 0.05) is 24.3 Å². The normalized spacial score (nSPS) is 17.8. The number of thiophene rings is 1. The lowest BCUT2D eigenvalue weighted by molar-refractivity contribution is 0.300. The quantitative estimate of drug-likeness (QED) is 0.743. The second kappa shape index (κ2) is 7.25. The number of sulfonamides is 1. The maximum absolute atomic E-state index is 12.5. The average molecular weight is 336 g/mol. The van der Waals surface area contributed by atoms with Crippen LogP contribution in [0.3, 0.4) is 0 Å². The van der Waals surface area contributed by atoms with Crippen molar-refractivity contribution in [3.63, 3.8) is 0 Å². The summed E-state index contributed by atoms with van der Waals surface area (Å²) in [6, 6.07) is 3.58. The largest absolute Gasteiger partial charge is 0.252 e. The molecule has 0 bridgehead atoms. The minimum atomic E-state index is -3.33. The first kappa shape index (κ1) is 16.3. The van der Waals surface area contributed by atoms with E-state index in [9.17, 15) is 8.42 Å². The fraction of sp³-hybridized carbons (Fsp3) is 0.714. The van der Waals surface area contributed by atoms with E-state index in [2.05, 4.69) is 0 Å². The Hall–Kier alpha value is -0.100. The van der Waals surface area contributed by atoms with Gasteiger partial charge in [0.2, 0.25) is 0 Å². The molecule has 1 aromatic heterocycles. The van der Waals surface area contributed by atoms with Crippen LogP contribution in [-0.2, 0) is 16.4 Å². The topological polar surface area (TPSA) is 37.4 Å². The second-order valence-electron chi connectivity index (χ2n) is 5.45. The molecule has 114 valence electrons. The minimum absolute atomic E-state index is 0.441. The Kier molecular flexibility index (Phi) is 5.90. The van der Waals surface area contributed by atoms with Crippen molar-refractivity contribution in [2.75, 3.05) is 19.5 Å². The van der Waals surface area contributed by atoms with Crippen LogP contribution in [0, 0.1) is 5.92 Å². The van der Waals surface area contributed by atoms with Crippen LogP contribution in [0.5, 0.6) is 0 Å². The van der Waals surface area contributed by atoms with E-state index in [4.69, 9.17) is 11.6 Å². The summed E-state index contributed by atoms with van der Waals surface area (Å²) in [6.07, 6.45) is 6.80. The summed E-state index contributed by atoms with van der Waals surface area (Å²) in [4.78, 5) is 1.03. The van der Waals surface area contributed by atoms with E-state index in [1.807, 2.05) is 6.07 Å². The Morgan fingerprint density at radius 1 is 1.30 bits per heavy atom. The molecule has 0 amide bonds. The molecule has 6 heteroatoms. The first-order valence-corrected chi connectivity index (χ1v) is 9.94. The van der Waals surface area contributed by atoms with Gasteiger partial charge in [0.15, 0.2) is 0 Å². The van der Waals surface area contributed by atoms with Gasteiger partial charge in [-0.1, -0.05) is 19.3 Å². The molecule has 2 rings (SSSR count). The van der Waals surface area contributed by atoms with Crippen LogP contribution in [0.1, 0.15) is 37.0 Å². The molecule has 3 nitrogen and oxygen atoms in total. The fourth-order valence-electron chi connectivity index (χ4n) is 2.71. The molecule has 1 fully saturated rings. The number of hydrogen-bond donors (Lipinski definition) is 0. The highest BCUT2D eigenvalue weighted by atomic mass is 35.5. The Morgan fingerprint density at radius 3 is 2.65 bits per heavy atom. The molecule has 0 N–H and O–H groups in total. The standard InChI is InChI=1S/C14H22ClNO2S2/c1-16(11-12-5-3-2-4-6-12)20(17,18)14-8-7-13(19-14)9-10-15/h7-8,12H,2-6,9-11H2,1H3. The van der Waals surface area contributed by atoms with Crippen molar-refractivity contribution in [3.8, 4) is 0 Å². The van der Waals surface area contributed by atoms with Crippen LogP contribution >= 0.6 is 22.9 Å². The first-order chi connectivity index (χ1) is 9.54. The number of alkyl halides is 1. The predicted molar refractivity (Wildman–Crippen MR) is 85.1 cm³/mol. The lowest BCUT2D eigenvalue weighted by atomic mass is 9.89. The Balaban J connectivity index is 2.03. The Bertz CT molecular complexity index is 521. The Labute approximate surface area is 131 Å². The van der Waals surface area contributed by atoms with E-state index in [1.165, 1.54) is 34.9 Å². The van der Waals surface area contributed by atoms with Crippen molar-refractivity contribution in [2.45, 2.75) is 42.7 Å². The van der Waals surface area contributed by atoms with E-state index in [-0.39, 0.29) is 0 Å². The van der Waals surface area contributed by atoms with Crippen molar-refractivity contribution < 1.29 is 8.42 Å². The van der Waals surface area contributed by atoms with Crippen molar-refractivity contribution in [2.24, 2.45) is 5.92 Å². The van der Waals surface area contributed by atoms with Crippen molar-refractivity contribution >= 4 is 33.0 Å². The highest BCUT2D eigenvalue weighted by molar-refractivity contribution is 7.91. The number of aryl methyl sites for hydroxylation is 1. The van der Waals surface area contributed by atoms with Gasteiger partial charge in [-0.15, -0.1) is 22.9 Å². The smallest absolute Gasteiger partial charge is 0.206 e. The third-order valence-electron chi connectivity index (χ3n) is 3.88. The molecule has 0 spiro atoms. The third kappa shape index (κ3) is 3.97. The molecule has 0 aliphatic heterocycles. The third-order valence-corrected chi connectivity index (χ3v) is 7.51. The number of hydrogen-bond acceptors (Lipinski definition) is 3. The fourth-order valence-corrected chi connectivity index (χ4v) is 5.84. The molecule has 1 aliphatic carbocycles. The molecule has 0 radical (unpaired) electrons. The van der Waals surface area contributed by atoms with Gasteiger partial charge < -0.3 is 0 Å². The summed E-state index contributed by atoms with van der Waals surface area (Å²) in [5.41, 5.74) is 0. The van der Waals surface area contributed by atoms with Crippen LogP contribution in [0.15, 0.2) is 16.3 Å². The lowest BCUT2D eigenvalue weighted by Crippen LogP contribution is -2.32. The molecule has 1 aliphatic rings. The Morgan fingerprint density at radius 2 is 2.00 bits per heavy atom. The van der Waals surface area contributed by atoms with E-state index in [0.717, 1.165) is 24.1 Å². The van der Waals surface area contributed by atoms with Gasteiger partial charge in [-0.3, -0.25) is 0 Å². The van der Waals surface area contributed by atoms with E-state index in [0.29, 0.717) is 22.6 Å². The number of halogens is 1. The lowest BCUT2D eigenvalue weighted by Gasteiger charge is -2.26. The zero-order valence-electron chi connectivity index (χ0n) is 11.8. The van der Waals surface area contributed by atoms with Gasteiger partial charge in [0.05, 0.1) is 0 Å².